The Morgan fingerprint density at radius 3 is 2.60 bits per heavy atom. The summed E-state index contributed by atoms with van der Waals surface area (Å²) in [5, 5.41) is 3.00. The highest BCUT2D eigenvalue weighted by Crippen LogP contribution is 2.22. The van der Waals surface area contributed by atoms with Gasteiger partial charge in [0, 0.05) is 6.54 Å². The molecular formula is C9H15N3O2S. The van der Waals surface area contributed by atoms with Crippen molar-refractivity contribution >= 4 is 21.4 Å². The first-order valence-electron chi connectivity index (χ1n) is 4.58. The van der Waals surface area contributed by atoms with Gasteiger partial charge < -0.3 is 11.1 Å². The van der Waals surface area contributed by atoms with Gasteiger partial charge in [0.1, 0.15) is 0 Å². The number of hydrogen-bond acceptors (Lipinski definition) is 4. The van der Waals surface area contributed by atoms with Crippen molar-refractivity contribution in [1.82, 2.24) is 4.72 Å². The number of sulfonamides is 1. The summed E-state index contributed by atoms with van der Waals surface area (Å²) in [6.07, 6.45) is 0. The van der Waals surface area contributed by atoms with Gasteiger partial charge >= 0.3 is 0 Å². The highest BCUT2D eigenvalue weighted by Gasteiger charge is 2.12. The number of nitrogen functional groups attached to an aromatic ring is 1. The molecule has 0 saturated carbocycles. The van der Waals surface area contributed by atoms with E-state index in [1.165, 1.54) is 19.2 Å². The largest absolute Gasteiger partial charge is 0.397 e. The van der Waals surface area contributed by atoms with Crippen LogP contribution in [0.2, 0.25) is 0 Å². The molecule has 6 heteroatoms. The van der Waals surface area contributed by atoms with Gasteiger partial charge in [-0.1, -0.05) is 0 Å². The molecule has 0 heterocycles. The van der Waals surface area contributed by atoms with Crippen LogP contribution in [0.15, 0.2) is 23.1 Å². The summed E-state index contributed by atoms with van der Waals surface area (Å²) in [5.41, 5.74) is 6.85. The Kier molecular flexibility index (Phi) is 3.54. The van der Waals surface area contributed by atoms with E-state index in [-0.39, 0.29) is 4.90 Å². The zero-order valence-corrected chi connectivity index (χ0v) is 9.56. The quantitative estimate of drug-likeness (QED) is 0.660. The first kappa shape index (κ1) is 11.8. The van der Waals surface area contributed by atoms with E-state index in [9.17, 15) is 8.42 Å². The van der Waals surface area contributed by atoms with Crippen molar-refractivity contribution in [1.29, 1.82) is 0 Å². The second kappa shape index (κ2) is 4.50. The van der Waals surface area contributed by atoms with E-state index in [1.807, 2.05) is 6.92 Å². The molecule has 0 spiro atoms. The van der Waals surface area contributed by atoms with Crippen LogP contribution < -0.4 is 15.8 Å². The molecule has 5 nitrogen and oxygen atoms in total. The lowest BCUT2D eigenvalue weighted by Crippen LogP contribution is -2.18. The van der Waals surface area contributed by atoms with Gasteiger partial charge in [-0.2, -0.15) is 0 Å². The lowest BCUT2D eigenvalue weighted by Gasteiger charge is -2.09. The van der Waals surface area contributed by atoms with Gasteiger partial charge in [0.25, 0.3) is 0 Å². The Hall–Kier alpha value is -1.27. The molecule has 0 bridgehead atoms. The minimum absolute atomic E-state index is 0.204. The van der Waals surface area contributed by atoms with Gasteiger partial charge in [-0.15, -0.1) is 0 Å². The Balaban J connectivity index is 3.19. The molecule has 0 aliphatic heterocycles. The summed E-state index contributed by atoms with van der Waals surface area (Å²) in [6, 6.07) is 4.56. The molecule has 0 fully saturated rings. The molecule has 0 unspecified atom stereocenters. The SMILES string of the molecule is CCNc1cc(S(=O)(=O)NC)ccc1N. The lowest BCUT2D eigenvalue weighted by molar-refractivity contribution is 0.588. The second-order valence-corrected chi connectivity index (χ2v) is 4.87. The van der Waals surface area contributed by atoms with Crippen LogP contribution in [0.4, 0.5) is 11.4 Å². The highest BCUT2D eigenvalue weighted by molar-refractivity contribution is 7.89. The van der Waals surface area contributed by atoms with Crippen LogP contribution in [-0.2, 0) is 10.0 Å². The van der Waals surface area contributed by atoms with E-state index in [2.05, 4.69) is 10.0 Å². The highest BCUT2D eigenvalue weighted by atomic mass is 32.2. The van der Waals surface area contributed by atoms with E-state index < -0.39 is 10.0 Å². The molecule has 1 rings (SSSR count). The molecule has 0 radical (unpaired) electrons. The van der Waals surface area contributed by atoms with Crippen molar-refractivity contribution in [2.24, 2.45) is 0 Å². The molecule has 0 saturated heterocycles. The molecule has 0 atom stereocenters. The van der Waals surface area contributed by atoms with Crippen LogP contribution in [0.1, 0.15) is 6.92 Å². The monoisotopic (exact) mass is 229 g/mol. The van der Waals surface area contributed by atoms with Crippen LogP contribution in [0.5, 0.6) is 0 Å². The molecule has 4 N–H and O–H groups in total. The number of nitrogens with one attached hydrogen (secondary N) is 2. The van der Waals surface area contributed by atoms with E-state index in [4.69, 9.17) is 5.73 Å². The van der Waals surface area contributed by atoms with Crippen LogP contribution in [0.25, 0.3) is 0 Å². The van der Waals surface area contributed by atoms with Crippen molar-refractivity contribution in [3.63, 3.8) is 0 Å². The van der Waals surface area contributed by atoms with Crippen LogP contribution >= 0.6 is 0 Å². The Bertz CT molecular complexity index is 443. The van der Waals surface area contributed by atoms with E-state index in [1.54, 1.807) is 6.07 Å². The second-order valence-electron chi connectivity index (χ2n) is 2.99. The van der Waals surface area contributed by atoms with Crippen LogP contribution in [-0.4, -0.2) is 22.0 Å². The van der Waals surface area contributed by atoms with E-state index in [0.717, 1.165) is 0 Å². The van der Waals surface area contributed by atoms with E-state index >= 15 is 0 Å². The summed E-state index contributed by atoms with van der Waals surface area (Å²) in [7, 11) is -2.03. The summed E-state index contributed by atoms with van der Waals surface area (Å²) < 4.78 is 25.2. The first-order chi connectivity index (χ1) is 7.01. The number of anilines is 2. The predicted molar refractivity (Wildman–Crippen MR) is 61.3 cm³/mol. The zero-order valence-electron chi connectivity index (χ0n) is 8.74. The zero-order chi connectivity index (χ0) is 11.5. The first-order valence-corrected chi connectivity index (χ1v) is 6.06. The Morgan fingerprint density at radius 1 is 1.40 bits per heavy atom. The summed E-state index contributed by atoms with van der Waals surface area (Å²) in [5.74, 6) is 0. The molecule has 15 heavy (non-hydrogen) atoms. The molecule has 0 aromatic heterocycles. The molecule has 84 valence electrons. The predicted octanol–water partition coefficient (Wildman–Crippen LogP) is 0.609. The average Bonchev–Trinajstić information content (AvgIpc) is 2.21. The summed E-state index contributed by atoms with van der Waals surface area (Å²) in [4.78, 5) is 0.204. The lowest BCUT2D eigenvalue weighted by atomic mass is 10.2. The van der Waals surface area contributed by atoms with Gasteiger partial charge in [0.05, 0.1) is 16.3 Å². The third-order valence-corrected chi connectivity index (χ3v) is 3.38. The van der Waals surface area contributed by atoms with Crippen molar-refractivity contribution in [3.05, 3.63) is 18.2 Å². The van der Waals surface area contributed by atoms with Gasteiger partial charge in [-0.3, -0.25) is 0 Å². The molecular weight excluding hydrogens is 214 g/mol. The maximum atomic E-state index is 11.5. The van der Waals surface area contributed by atoms with Gasteiger partial charge in [-0.05, 0) is 32.2 Å². The normalized spacial score (nSPS) is 11.3. The maximum Gasteiger partial charge on any atom is 0.240 e. The standard InChI is InChI=1S/C9H15N3O2S/c1-3-12-9-6-7(4-5-8(9)10)15(13,14)11-2/h4-6,11-12H,3,10H2,1-2H3. The fourth-order valence-electron chi connectivity index (χ4n) is 1.16. The van der Waals surface area contributed by atoms with E-state index in [0.29, 0.717) is 17.9 Å². The average molecular weight is 229 g/mol. The topological polar surface area (TPSA) is 84.2 Å². The van der Waals surface area contributed by atoms with Gasteiger partial charge in [-0.25, -0.2) is 13.1 Å². The number of nitrogens with two attached hydrogens (primary N) is 1. The smallest absolute Gasteiger partial charge is 0.240 e. The molecule has 0 aliphatic rings. The summed E-state index contributed by atoms with van der Waals surface area (Å²) >= 11 is 0. The van der Waals surface area contributed by atoms with Crippen molar-refractivity contribution in [2.75, 3.05) is 24.6 Å². The number of rotatable bonds is 4. The van der Waals surface area contributed by atoms with Crippen molar-refractivity contribution < 1.29 is 8.42 Å². The third kappa shape index (κ3) is 2.60. The Morgan fingerprint density at radius 2 is 2.07 bits per heavy atom. The van der Waals surface area contributed by atoms with Crippen molar-refractivity contribution in [3.8, 4) is 0 Å². The van der Waals surface area contributed by atoms with Gasteiger partial charge in [0.2, 0.25) is 10.0 Å². The number of benzene rings is 1. The maximum absolute atomic E-state index is 11.5. The van der Waals surface area contributed by atoms with Crippen molar-refractivity contribution in [2.45, 2.75) is 11.8 Å². The fourth-order valence-corrected chi connectivity index (χ4v) is 1.92. The molecule has 0 aliphatic carbocycles. The number of hydrogen-bond donors (Lipinski definition) is 3. The third-order valence-electron chi connectivity index (χ3n) is 1.97. The van der Waals surface area contributed by atoms with Crippen LogP contribution in [0.3, 0.4) is 0 Å². The Labute approximate surface area is 89.7 Å². The molecule has 0 amide bonds. The fraction of sp³-hybridized carbons (Fsp3) is 0.333. The van der Waals surface area contributed by atoms with Gasteiger partial charge in [0.15, 0.2) is 0 Å². The molecule has 1 aromatic rings. The minimum Gasteiger partial charge on any atom is -0.397 e. The minimum atomic E-state index is -3.40. The van der Waals surface area contributed by atoms with Crippen LogP contribution in [0, 0.1) is 0 Å². The summed E-state index contributed by atoms with van der Waals surface area (Å²) in [6.45, 7) is 2.60. The molecule has 1 aromatic carbocycles.